The van der Waals surface area contributed by atoms with Gasteiger partial charge in [-0.3, -0.25) is 14.6 Å². The number of hydrogen-bond donors (Lipinski definition) is 2. The zero-order valence-electron chi connectivity index (χ0n) is 12.8. The molecule has 0 saturated heterocycles. The Bertz CT molecular complexity index is 671. The van der Waals surface area contributed by atoms with E-state index >= 15 is 0 Å². The largest absolute Gasteiger partial charge is 0.397 e. The van der Waals surface area contributed by atoms with Crippen LogP contribution in [-0.4, -0.2) is 40.4 Å². The third-order valence-corrected chi connectivity index (χ3v) is 2.88. The molecule has 2 aromatic rings. The molecule has 0 saturated carbocycles. The van der Waals surface area contributed by atoms with E-state index in [4.69, 9.17) is 10.3 Å². The number of carbonyl (C=O) groups is 2. The van der Waals surface area contributed by atoms with Crippen LogP contribution in [-0.2, 0) is 16.0 Å². The fourth-order valence-electron chi connectivity index (χ4n) is 1.74. The number of amides is 2. The van der Waals surface area contributed by atoms with Gasteiger partial charge in [0.15, 0.2) is 5.82 Å². The first-order valence-electron chi connectivity index (χ1n) is 6.61. The Labute approximate surface area is 139 Å². The van der Waals surface area contributed by atoms with Crippen molar-refractivity contribution in [2.24, 2.45) is 0 Å². The number of likely N-dealkylation sites (N-methyl/N-ethyl adjacent to an activating group) is 1. The average molecular weight is 340 g/mol. The predicted octanol–water partition coefficient (Wildman–Crippen LogP) is 1.02. The number of hydrogen-bond acceptors (Lipinski definition) is 6. The summed E-state index contributed by atoms with van der Waals surface area (Å²) >= 11 is 0. The molecule has 23 heavy (non-hydrogen) atoms. The standard InChI is InChI=1S/C14H17N5O3.ClH/c1-9-5-12(18-22-9)17-13(20)8-19(2)14(21)6-11-4-3-10(15)7-16-11;/h3-5,7H,6,8,15H2,1-2H3,(H,17,18,20);1H. The molecule has 8 nitrogen and oxygen atoms in total. The van der Waals surface area contributed by atoms with Gasteiger partial charge in [-0.1, -0.05) is 5.16 Å². The third kappa shape index (κ3) is 5.59. The van der Waals surface area contributed by atoms with E-state index in [0.29, 0.717) is 23.0 Å². The van der Waals surface area contributed by atoms with E-state index in [1.54, 1.807) is 32.2 Å². The zero-order valence-corrected chi connectivity index (χ0v) is 13.6. The van der Waals surface area contributed by atoms with Gasteiger partial charge >= 0.3 is 0 Å². The Morgan fingerprint density at radius 3 is 2.70 bits per heavy atom. The van der Waals surface area contributed by atoms with Gasteiger partial charge in [-0.2, -0.15) is 0 Å². The van der Waals surface area contributed by atoms with Gasteiger partial charge in [0.05, 0.1) is 24.8 Å². The molecule has 0 aliphatic carbocycles. The lowest BCUT2D eigenvalue weighted by atomic mass is 10.2. The van der Waals surface area contributed by atoms with Gasteiger partial charge in [-0.25, -0.2) is 0 Å². The highest BCUT2D eigenvalue weighted by Crippen LogP contribution is 2.07. The second-order valence-electron chi connectivity index (χ2n) is 4.88. The van der Waals surface area contributed by atoms with Crippen LogP contribution in [0.5, 0.6) is 0 Å². The van der Waals surface area contributed by atoms with Crippen molar-refractivity contribution < 1.29 is 14.1 Å². The van der Waals surface area contributed by atoms with Crippen molar-refractivity contribution in [1.29, 1.82) is 0 Å². The Balaban J connectivity index is 0.00000264. The van der Waals surface area contributed by atoms with Gasteiger partial charge < -0.3 is 20.5 Å². The van der Waals surface area contributed by atoms with Crippen LogP contribution >= 0.6 is 12.4 Å². The first-order chi connectivity index (χ1) is 10.4. The van der Waals surface area contributed by atoms with Crippen molar-refractivity contribution in [2.75, 3.05) is 24.6 Å². The summed E-state index contributed by atoms with van der Waals surface area (Å²) in [6, 6.07) is 4.95. The van der Waals surface area contributed by atoms with Crippen molar-refractivity contribution in [2.45, 2.75) is 13.3 Å². The normalized spacial score (nSPS) is 9.83. The van der Waals surface area contributed by atoms with Crippen LogP contribution in [0.3, 0.4) is 0 Å². The minimum Gasteiger partial charge on any atom is -0.397 e. The summed E-state index contributed by atoms with van der Waals surface area (Å²) in [5.74, 6) is 0.343. The van der Waals surface area contributed by atoms with E-state index in [0.717, 1.165) is 0 Å². The first kappa shape index (κ1) is 18.4. The molecule has 9 heteroatoms. The molecule has 2 rings (SSSR count). The molecule has 0 fully saturated rings. The summed E-state index contributed by atoms with van der Waals surface area (Å²) in [5, 5.41) is 6.20. The lowest BCUT2D eigenvalue weighted by Gasteiger charge is -2.16. The highest BCUT2D eigenvalue weighted by molar-refractivity contribution is 5.93. The Hall–Kier alpha value is -2.61. The molecule has 3 N–H and O–H groups in total. The Morgan fingerprint density at radius 1 is 1.39 bits per heavy atom. The highest BCUT2D eigenvalue weighted by atomic mass is 35.5. The number of nitrogens with two attached hydrogens (primary N) is 1. The molecule has 0 aliphatic heterocycles. The number of aryl methyl sites for hydroxylation is 1. The summed E-state index contributed by atoms with van der Waals surface area (Å²) in [4.78, 5) is 29.2. The topological polar surface area (TPSA) is 114 Å². The van der Waals surface area contributed by atoms with Crippen LogP contribution in [0.4, 0.5) is 11.5 Å². The molecule has 0 bridgehead atoms. The fraction of sp³-hybridized carbons (Fsp3) is 0.286. The molecule has 2 aromatic heterocycles. The molecule has 0 spiro atoms. The number of nitrogens with zero attached hydrogens (tertiary/aromatic N) is 3. The SMILES string of the molecule is Cc1cc(NC(=O)CN(C)C(=O)Cc2ccc(N)cn2)no1.Cl. The van der Waals surface area contributed by atoms with E-state index in [2.05, 4.69) is 15.5 Å². The number of halogens is 1. The van der Waals surface area contributed by atoms with Gasteiger partial charge in [0.25, 0.3) is 0 Å². The molecule has 124 valence electrons. The van der Waals surface area contributed by atoms with Gasteiger partial charge in [0.1, 0.15) is 5.76 Å². The van der Waals surface area contributed by atoms with E-state index < -0.39 is 0 Å². The quantitative estimate of drug-likeness (QED) is 0.840. The van der Waals surface area contributed by atoms with E-state index in [1.165, 1.54) is 11.1 Å². The number of rotatable bonds is 5. The average Bonchev–Trinajstić information content (AvgIpc) is 2.86. The summed E-state index contributed by atoms with van der Waals surface area (Å²) in [7, 11) is 1.55. The summed E-state index contributed by atoms with van der Waals surface area (Å²) in [5.41, 5.74) is 6.66. The van der Waals surface area contributed by atoms with Gasteiger partial charge in [-0.05, 0) is 19.1 Å². The zero-order chi connectivity index (χ0) is 16.1. The van der Waals surface area contributed by atoms with Gasteiger partial charge in [-0.15, -0.1) is 12.4 Å². The summed E-state index contributed by atoms with van der Waals surface area (Å²) in [6.45, 7) is 1.64. The lowest BCUT2D eigenvalue weighted by Crippen LogP contribution is -2.36. The third-order valence-electron chi connectivity index (χ3n) is 2.88. The van der Waals surface area contributed by atoms with Crippen LogP contribution in [0, 0.1) is 6.92 Å². The van der Waals surface area contributed by atoms with Crippen molar-refractivity contribution in [3.05, 3.63) is 35.9 Å². The maximum Gasteiger partial charge on any atom is 0.245 e. The number of aromatic nitrogens is 2. The lowest BCUT2D eigenvalue weighted by molar-refractivity contribution is -0.132. The minimum atomic E-state index is -0.352. The van der Waals surface area contributed by atoms with Crippen molar-refractivity contribution >= 4 is 35.7 Å². The second-order valence-corrected chi connectivity index (χ2v) is 4.88. The number of carbonyl (C=O) groups excluding carboxylic acids is 2. The molecule has 0 aromatic carbocycles. The molecular weight excluding hydrogens is 322 g/mol. The minimum absolute atomic E-state index is 0. The van der Waals surface area contributed by atoms with Crippen LogP contribution in [0.2, 0.25) is 0 Å². The smallest absolute Gasteiger partial charge is 0.245 e. The molecule has 0 radical (unpaired) electrons. The molecule has 0 unspecified atom stereocenters. The van der Waals surface area contributed by atoms with Crippen LogP contribution < -0.4 is 11.1 Å². The van der Waals surface area contributed by atoms with Gasteiger partial charge in [0.2, 0.25) is 11.8 Å². The van der Waals surface area contributed by atoms with Crippen molar-refractivity contribution in [3.8, 4) is 0 Å². The van der Waals surface area contributed by atoms with Crippen LogP contribution in [0.15, 0.2) is 28.9 Å². The Kier molecular flexibility index (Phi) is 6.52. The second kappa shape index (κ2) is 8.14. The number of anilines is 2. The first-order valence-corrected chi connectivity index (χ1v) is 6.61. The van der Waals surface area contributed by atoms with Crippen LogP contribution in [0.25, 0.3) is 0 Å². The van der Waals surface area contributed by atoms with E-state index in [-0.39, 0.29) is 37.2 Å². The van der Waals surface area contributed by atoms with E-state index in [1.807, 2.05) is 0 Å². The molecule has 2 heterocycles. The molecule has 2 amide bonds. The Morgan fingerprint density at radius 2 is 2.13 bits per heavy atom. The molecular formula is C14H18ClN5O3. The van der Waals surface area contributed by atoms with Gasteiger partial charge in [0, 0.05) is 18.8 Å². The van der Waals surface area contributed by atoms with Crippen LogP contribution in [0.1, 0.15) is 11.5 Å². The summed E-state index contributed by atoms with van der Waals surface area (Å²) < 4.78 is 4.84. The number of pyridine rings is 1. The molecule has 0 aliphatic rings. The number of nitrogen functional groups attached to an aromatic ring is 1. The highest BCUT2D eigenvalue weighted by Gasteiger charge is 2.15. The monoisotopic (exact) mass is 339 g/mol. The number of nitrogens with one attached hydrogen (secondary N) is 1. The maximum atomic E-state index is 12.0. The summed E-state index contributed by atoms with van der Waals surface area (Å²) in [6.07, 6.45) is 1.59. The fourth-order valence-corrected chi connectivity index (χ4v) is 1.74. The maximum absolute atomic E-state index is 12.0. The van der Waals surface area contributed by atoms with Crippen molar-refractivity contribution in [1.82, 2.24) is 15.0 Å². The van der Waals surface area contributed by atoms with Crippen molar-refractivity contribution in [3.63, 3.8) is 0 Å². The predicted molar refractivity (Wildman–Crippen MR) is 87.1 cm³/mol. The van der Waals surface area contributed by atoms with E-state index in [9.17, 15) is 9.59 Å². The molecule has 0 atom stereocenters.